The molecule has 4 bridgehead atoms. The van der Waals surface area contributed by atoms with Gasteiger partial charge < -0.3 is 39.9 Å². The first kappa shape index (κ1) is 42.6. The second-order valence-corrected chi connectivity index (χ2v) is 17.8. The number of aromatic nitrogens is 4. The van der Waals surface area contributed by atoms with Crippen LogP contribution in [0.2, 0.25) is 0 Å². The first-order valence-electron chi connectivity index (χ1n) is 22.1. The highest BCUT2D eigenvalue weighted by Gasteiger charge is 2.58. The molecule has 14 nitrogen and oxygen atoms in total. The van der Waals surface area contributed by atoms with Crippen LogP contribution in [0.1, 0.15) is 73.4 Å². The second kappa shape index (κ2) is 16.9. The number of nitrogens with zero attached hydrogens (tertiary/aromatic N) is 4. The van der Waals surface area contributed by atoms with Crippen LogP contribution in [0.15, 0.2) is 109 Å². The number of fused-ring (bicyclic) bond motifs is 4. The Morgan fingerprint density at radius 3 is 1.30 bits per heavy atom. The van der Waals surface area contributed by atoms with Crippen LogP contribution in [-0.2, 0) is 30.1 Å². The molecule has 2 aliphatic heterocycles. The van der Waals surface area contributed by atoms with Gasteiger partial charge in [0.15, 0.2) is 0 Å². The number of carbonyl (C=O) groups is 4. The van der Waals surface area contributed by atoms with Crippen molar-refractivity contribution in [2.75, 3.05) is 27.3 Å². The highest BCUT2D eigenvalue weighted by Crippen LogP contribution is 2.54. The first-order chi connectivity index (χ1) is 32.0. The Morgan fingerprint density at radius 1 is 0.591 bits per heavy atom. The zero-order chi connectivity index (χ0) is 45.7. The molecule has 4 aliphatic rings. The van der Waals surface area contributed by atoms with E-state index in [0.29, 0.717) is 48.7 Å². The summed E-state index contributed by atoms with van der Waals surface area (Å²) in [5, 5.41) is 5.32. The summed E-state index contributed by atoms with van der Waals surface area (Å²) in [7, 11) is 2.47. The third kappa shape index (κ3) is 7.53. The molecule has 2 saturated carbocycles. The van der Waals surface area contributed by atoms with Gasteiger partial charge in [-0.15, -0.1) is 0 Å². The van der Waals surface area contributed by atoms with E-state index < -0.39 is 47.0 Å². The van der Waals surface area contributed by atoms with E-state index in [1.807, 2.05) is 70.7 Å². The lowest BCUT2D eigenvalue weighted by Gasteiger charge is -2.39. The van der Waals surface area contributed by atoms with Crippen molar-refractivity contribution in [1.29, 1.82) is 0 Å². The minimum atomic E-state index is -1.06. The van der Waals surface area contributed by atoms with Gasteiger partial charge in [0.1, 0.15) is 46.4 Å². The van der Waals surface area contributed by atoms with E-state index in [9.17, 15) is 28.0 Å². The van der Waals surface area contributed by atoms with Gasteiger partial charge in [0.2, 0.25) is 0 Å². The molecule has 338 valence electrons. The average molecular weight is 895 g/mol. The SMILES string of the molecule is COC(=O)N[C@H](C(=O)N1CC2CCC1(c1nc(-c3ccc(-c4ccc(-c5c[nH]c(C67CCC(CN6C(=O)[C@@H](NC(=O)OC)c6ccc(F)cc6)C7)n5)cc4)cc3)c[nH]1)C2)c1ccc(F)cc1. The predicted molar refractivity (Wildman–Crippen MR) is 238 cm³/mol. The number of aromatic amines is 2. The fraction of sp³-hybridized carbons (Fsp3) is 0.320. The standard InChI is InChI=1S/C50H48F2N8O6/c1-65-47(63)57-41(35-11-15-37(51)16-12-35)43(61)59-27-29-19-21-49(59,23-29)45-53-25-39(55-45)33-7-3-31(4-8-33)32-5-9-34(10-6-32)40-26-54-46(56-40)50-22-20-30(24-50)28-60(50)44(62)42(58-48(64)66-2)36-13-17-38(52)18-14-36/h3-18,25-26,29-30,41-42H,19-24,27-28H2,1-2H3,(H,53,55)(H,54,56)(H,57,63)(H,58,64)/t29?,30?,41-,42-,49?,50?/m0/s1. The topological polar surface area (TPSA) is 175 Å². The van der Waals surface area contributed by atoms with Crippen molar-refractivity contribution in [2.45, 2.75) is 61.7 Å². The van der Waals surface area contributed by atoms with Crippen LogP contribution < -0.4 is 10.6 Å². The summed E-state index contributed by atoms with van der Waals surface area (Å²) < 4.78 is 37.4. The minimum absolute atomic E-state index is 0.282. The molecule has 0 spiro atoms. The van der Waals surface area contributed by atoms with E-state index in [1.165, 1.54) is 62.8 Å². The molecule has 2 aliphatic carbocycles. The lowest BCUT2D eigenvalue weighted by Crippen LogP contribution is -2.51. The maximum Gasteiger partial charge on any atom is 0.407 e. The Bertz CT molecular complexity index is 2610. The van der Waals surface area contributed by atoms with Gasteiger partial charge in [-0.1, -0.05) is 72.8 Å². The first-order valence-corrected chi connectivity index (χ1v) is 22.1. The molecule has 4 fully saturated rings. The fourth-order valence-electron chi connectivity index (χ4n) is 10.8. The Kier molecular flexibility index (Phi) is 10.9. The van der Waals surface area contributed by atoms with Crippen molar-refractivity contribution in [3.05, 3.63) is 144 Å². The number of hydrogen-bond acceptors (Lipinski definition) is 8. The molecule has 6 aromatic rings. The Morgan fingerprint density at radius 2 is 0.955 bits per heavy atom. The van der Waals surface area contributed by atoms with Crippen molar-refractivity contribution < 1.29 is 37.4 Å². The van der Waals surface area contributed by atoms with Crippen LogP contribution in [0.3, 0.4) is 0 Å². The van der Waals surface area contributed by atoms with Gasteiger partial charge in [-0.05, 0) is 96.9 Å². The van der Waals surface area contributed by atoms with Crippen LogP contribution in [0.4, 0.5) is 18.4 Å². The van der Waals surface area contributed by atoms with Crippen LogP contribution in [0, 0.1) is 23.5 Å². The maximum atomic E-state index is 14.3. The summed E-state index contributed by atoms with van der Waals surface area (Å²) in [6, 6.07) is 25.2. The molecule has 10 rings (SSSR count). The molecule has 0 radical (unpaired) electrons. The molecule has 6 atom stereocenters. The van der Waals surface area contributed by atoms with Crippen molar-refractivity contribution in [2.24, 2.45) is 11.8 Å². The Balaban J connectivity index is 0.842. The Hall–Kier alpha value is -7.36. The number of likely N-dealkylation sites (tertiary alicyclic amines) is 2. The molecule has 4 aromatic carbocycles. The number of H-pyrrole nitrogens is 2. The number of nitrogens with one attached hydrogen (secondary N) is 4. The van der Waals surface area contributed by atoms with Gasteiger partial charge >= 0.3 is 12.2 Å². The summed E-state index contributed by atoms with van der Waals surface area (Å²) >= 11 is 0. The molecule has 66 heavy (non-hydrogen) atoms. The van der Waals surface area contributed by atoms with Crippen LogP contribution in [-0.4, -0.2) is 81.0 Å². The van der Waals surface area contributed by atoms with Crippen molar-refractivity contribution in [3.8, 4) is 33.6 Å². The van der Waals surface area contributed by atoms with Crippen LogP contribution in [0.5, 0.6) is 0 Å². The summed E-state index contributed by atoms with van der Waals surface area (Å²) in [5.41, 5.74) is 4.83. The van der Waals surface area contributed by atoms with E-state index in [2.05, 4.69) is 20.6 Å². The van der Waals surface area contributed by atoms with Crippen LogP contribution in [0.25, 0.3) is 33.6 Å². The minimum Gasteiger partial charge on any atom is -0.453 e. The normalized spacial score (nSPS) is 22.5. The molecule has 16 heteroatoms. The number of halogens is 2. The van der Waals surface area contributed by atoms with Crippen LogP contribution >= 0.6 is 0 Å². The van der Waals surface area contributed by atoms with Gasteiger partial charge in [-0.2, -0.15) is 0 Å². The largest absolute Gasteiger partial charge is 0.453 e. The predicted octanol–water partition coefficient (Wildman–Crippen LogP) is 8.28. The number of hydrogen-bond donors (Lipinski definition) is 4. The third-order valence-corrected chi connectivity index (χ3v) is 14.2. The number of ether oxygens (including phenoxy) is 2. The van der Waals surface area contributed by atoms with Crippen molar-refractivity contribution in [3.63, 3.8) is 0 Å². The zero-order valence-corrected chi connectivity index (χ0v) is 36.4. The maximum absolute atomic E-state index is 14.3. The molecule has 2 aromatic heterocycles. The van der Waals surface area contributed by atoms with Gasteiger partial charge in [0.05, 0.1) is 25.6 Å². The molecular formula is C50H48F2N8O6. The van der Waals surface area contributed by atoms with E-state index in [0.717, 1.165) is 59.3 Å². The second-order valence-electron chi connectivity index (χ2n) is 17.8. The molecular weight excluding hydrogens is 847 g/mol. The molecule has 4 heterocycles. The smallest absolute Gasteiger partial charge is 0.407 e. The van der Waals surface area contributed by atoms with Gasteiger partial charge in [0, 0.05) is 36.6 Å². The lowest BCUT2D eigenvalue weighted by molar-refractivity contribution is -0.140. The average Bonchev–Trinajstić information content (AvgIpc) is 4.23. The number of carbonyl (C=O) groups excluding carboxylic acids is 4. The molecule has 4 amide bonds. The molecule has 4 unspecified atom stereocenters. The number of methoxy groups -OCH3 is 2. The molecule has 4 N–H and O–H groups in total. The highest BCUT2D eigenvalue weighted by molar-refractivity contribution is 5.89. The lowest BCUT2D eigenvalue weighted by atomic mass is 9.93. The number of amides is 4. The zero-order valence-electron chi connectivity index (χ0n) is 36.4. The van der Waals surface area contributed by atoms with E-state index in [-0.39, 0.29) is 23.7 Å². The van der Waals surface area contributed by atoms with E-state index in [1.54, 1.807) is 0 Å². The monoisotopic (exact) mass is 894 g/mol. The van der Waals surface area contributed by atoms with Gasteiger partial charge in [-0.3, -0.25) is 9.59 Å². The third-order valence-electron chi connectivity index (χ3n) is 14.2. The summed E-state index contributed by atoms with van der Waals surface area (Å²) in [4.78, 5) is 73.9. The number of imidazole rings is 2. The summed E-state index contributed by atoms with van der Waals surface area (Å²) in [6.07, 6.45) is 7.00. The number of alkyl carbamates (subject to hydrolysis) is 2. The van der Waals surface area contributed by atoms with Crippen molar-refractivity contribution in [1.82, 2.24) is 40.4 Å². The van der Waals surface area contributed by atoms with Gasteiger partial charge in [-0.25, -0.2) is 28.3 Å². The summed E-state index contributed by atoms with van der Waals surface area (Å²) in [5.74, 6) is 0.434. The van der Waals surface area contributed by atoms with Crippen molar-refractivity contribution >= 4 is 24.0 Å². The number of piperidine rings is 2. The molecule has 2 saturated heterocycles. The highest BCUT2D eigenvalue weighted by atomic mass is 19.1. The quantitative estimate of drug-likeness (QED) is 0.101. The summed E-state index contributed by atoms with van der Waals surface area (Å²) in [6.45, 7) is 1.03. The number of rotatable bonds is 11. The Labute approximate surface area is 379 Å². The van der Waals surface area contributed by atoms with Gasteiger partial charge in [0.25, 0.3) is 11.8 Å². The van der Waals surface area contributed by atoms with E-state index in [4.69, 9.17) is 19.4 Å². The fourth-order valence-corrected chi connectivity index (χ4v) is 10.8. The van der Waals surface area contributed by atoms with E-state index >= 15 is 0 Å². The number of benzene rings is 4.